The maximum absolute atomic E-state index is 12.2. The van der Waals surface area contributed by atoms with E-state index >= 15 is 0 Å². The molecule has 1 atom stereocenters. The highest BCUT2D eigenvalue weighted by Gasteiger charge is 2.37. The van der Waals surface area contributed by atoms with Crippen molar-refractivity contribution in [3.05, 3.63) is 0 Å². The topological polar surface area (TPSA) is 47.6 Å². The molecule has 1 aliphatic rings. The van der Waals surface area contributed by atoms with E-state index in [1.54, 1.807) is 0 Å². The van der Waals surface area contributed by atoms with Crippen molar-refractivity contribution in [3.8, 4) is 0 Å². The molecular formula is C17H33NO3. The second kappa shape index (κ2) is 7.59. The summed E-state index contributed by atoms with van der Waals surface area (Å²) in [6.45, 7) is 13.1. The van der Waals surface area contributed by atoms with E-state index in [1.165, 1.54) is 12.8 Å². The predicted octanol–water partition coefficient (Wildman–Crippen LogP) is 3.29. The number of hydrogen-bond donors (Lipinski definition) is 1. The Labute approximate surface area is 130 Å². The molecule has 1 rings (SSSR count). The molecule has 4 heteroatoms. The van der Waals surface area contributed by atoms with Gasteiger partial charge in [0, 0.05) is 6.04 Å². The molecule has 0 heterocycles. The zero-order valence-electron chi connectivity index (χ0n) is 14.6. The molecular weight excluding hydrogens is 266 g/mol. The fourth-order valence-electron chi connectivity index (χ4n) is 2.91. The third-order valence-corrected chi connectivity index (χ3v) is 4.23. The molecule has 1 saturated carbocycles. The van der Waals surface area contributed by atoms with Crippen LogP contribution in [0.25, 0.3) is 0 Å². The van der Waals surface area contributed by atoms with Crippen molar-refractivity contribution >= 4 is 5.97 Å². The lowest BCUT2D eigenvalue weighted by Crippen LogP contribution is -2.57. The second-order valence-electron chi connectivity index (χ2n) is 7.53. The standard InChI is InChI=1S/C17H33NO3/c1-7-20-15(19)17(6,18-13(2)3)12-21-14-8-10-16(4,5)11-9-14/h13-14,18H,7-12H2,1-6H3. The Hall–Kier alpha value is -0.610. The van der Waals surface area contributed by atoms with Gasteiger partial charge >= 0.3 is 5.97 Å². The van der Waals surface area contributed by atoms with Gasteiger partial charge in [0.1, 0.15) is 5.54 Å². The van der Waals surface area contributed by atoms with Gasteiger partial charge in [-0.05, 0) is 58.8 Å². The molecule has 0 amide bonds. The first-order valence-corrected chi connectivity index (χ1v) is 8.25. The van der Waals surface area contributed by atoms with Crippen molar-refractivity contribution < 1.29 is 14.3 Å². The maximum atomic E-state index is 12.2. The van der Waals surface area contributed by atoms with Crippen LogP contribution in [-0.2, 0) is 14.3 Å². The summed E-state index contributed by atoms with van der Waals surface area (Å²) in [5.74, 6) is -0.227. The predicted molar refractivity (Wildman–Crippen MR) is 85.3 cm³/mol. The third-order valence-electron chi connectivity index (χ3n) is 4.23. The van der Waals surface area contributed by atoms with Crippen LogP contribution >= 0.6 is 0 Å². The van der Waals surface area contributed by atoms with E-state index in [2.05, 4.69) is 19.2 Å². The molecule has 0 aromatic heterocycles. The number of carbonyl (C=O) groups is 1. The zero-order chi connectivity index (χ0) is 16.1. The van der Waals surface area contributed by atoms with Crippen molar-refractivity contribution in [1.82, 2.24) is 5.32 Å². The molecule has 0 spiro atoms. The number of esters is 1. The molecule has 21 heavy (non-hydrogen) atoms. The van der Waals surface area contributed by atoms with E-state index in [0.29, 0.717) is 18.6 Å². The van der Waals surface area contributed by atoms with Gasteiger partial charge in [0.15, 0.2) is 0 Å². The van der Waals surface area contributed by atoms with E-state index in [0.717, 1.165) is 12.8 Å². The highest BCUT2D eigenvalue weighted by Crippen LogP contribution is 2.36. The summed E-state index contributed by atoms with van der Waals surface area (Å²) in [6, 6.07) is 0.202. The first-order valence-electron chi connectivity index (χ1n) is 8.25. The normalized spacial score (nSPS) is 22.0. The van der Waals surface area contributed by atoms with E-state index in [1.807, 2.05) is 27.7 Å². The summed E-state index contributed by atoms with van der Waals surface area (Å²) >= 11 is 0. The number of carbonyl (C=O) groups excluding carboxylic acids is 1. The van der Waals surface area contributed by atoms with Crippen LogP contribution in [0.15, 0.2) is 0 Å². The summed E-state index contributed by atoms with van der Waals surface area (Å²) in [5, 5.41) is 3.30. The average molecular weight is 299 g/mol. The first kappa shape index (κ1) is 18.4. The summed E-state index contributed by atoms with van der Waals surface area (Å²) in [4.78, 5) is 12.2. The zero-order valence-corrected chi connectivity index (χ0v) is 14.6. The van der Waals surface area contributed by atoms with Crippen molar-refractivity contribution in [2.75, 3.05) is 13.2 Å². The Balaban J connectivity index is 2.55. The molecule has 1 aliphatic carbocycles. The minimum absolute atomic E-state index is 0.202. The lowest BCUT2D eigenvalue weighted by molar-refractivity contribution is -0.155. The van der Waals surface area contributed by atoms with Crippen LogP contribution < -0.4 is 5.32 Å². The van der Waals surface area contributed by atoms with Crippen molar-refractivity contribution in [3.63, 3.8) is 0 Å². The average Bonchev–Trinajstić information content (AvgIpc) is 2.37. The Morgan fingerprint density at radius 2 is 1.90 bits per heavy atom. The van der Waals surface area contributed by atoms with Crippen LogP contribution in [0.1, 0.15) is 67.2 Å². The van der Waals surface area contributed by atoms with Crippen LogP contribution in [0.2, 0.25) is 0 Å². The fraction of sp³-hybridized carbons (Fsp3) is 0.941. The number of ether oxygens (including phenoxy) is 2. The Bertz CT molecular complexity index is 331. The summed E-state index contributed by atoms with van der Waals surface area (Å²) in [5.41, 5.74) is -0.336. The Morgan fingerprint density at radius 1 is 1.33 bits per heavy atom. The van der Waals surface area contributed by atoms with Gasteiger partial charge in [0.05, 0.1) is 19.3 Å². The SMILES string of the molecule is CCOC(=O)C(C)(COC1CCC(C)(C)CC1)NC(C)C. The highest BCUT2D eigenvalue weighted by atomic mass is 16.5. The molecule has 0 aromatic rings. The summed E-state index contributed by atoms with van der Waals surface area (Å²) < 4.78 is 11.2. The first-order chi connectivity index (χ1) is 9.68. The molecule has 4 nitrogen and oxygen atoms in total. The van der Waals surface area contributed by atoms with Gasteiger partial charge in [-0.15, -0.1) is 0 Å². The second-order valence-corrected chi connectivity index (χ2v) is 7.53. The van der Waals surface area contributed by atoms with Crippen LogP contribution in [0.4, 0.5) is 0 Å². The molecule has 0 radical (unpaired) electrons. The molecule has 0 bridgehead atoms. The lowest BCUT2D eigenvalue weighted by Gasteiger charge is -2.36. The van der Waals surface area contributed by atoms with Gasteiger partial charge < -0.3 is 9.47 Å². The maximum Gasteiger partial charge on any atom is 0.328 e. The van der Waals surface area contributed by atoms with Crippen LogP contribution in [0.5, 0.6) is 0 Å². The Morgan fingerprint density at radius 3 is 2.38 bits per heavy atom. The summed E-state index contributed by atoms with van der Waals surface area (Å²) in [7, 11) is 0. The molecule has 1 unspecified atom stereocenters. The molecule has 0 aromatic carbocycles. The number of nitrogens with one attached hydrogen (secondary N) is 1. The quantitative estimate of drug-likeness (QED) is 0.733. The van der Waals surface area contributed by atoms with Crippen LogP contribution in [-0.4, -0.2) is 36.9 Å². The van der Waals surface area contributed by atoms with Crippen LogP contribution in [0.3, 0.4) is 0 Å². The van der Waals surface area contributed by atoms with E-state index in [4.69, 9.17) is 9.47 Å². The minimum Gasteiger partial charge on any atom is -0.465 e. The van der Waals surface area contributed by atoms with Gasteiger partial charge in [-0.1, -0.05) is 13.8 Å². The Kier molecular flexibility index (Phi) is 6.67. The molecule has 0 aliphatic heterocycles. The van der Waals surface area contributed by atoms with E-state index in [-0.39, 0.29) is 18.1 Å². The lowest BCUT2D eigenvalue weighted by atomic mass is 9.76. The monoisotopic (exact) mass is 299 g/mol. The van der Waals surface area contributed by atoms with Crippen LogP contribution in [0, 0.1) is 5.41 Å². The molecule has 0 saturated heterocycles. The van der Waals surface area contributed by atoms with Crippen molar-refractivity contribution in [2.24, 2.45) is 5.41 Å². The highest BCUT2D eigenvalue weighted by molar-refractivity contribution is 5.80. The molecule has 1 fully saturated rings. The smallest absolute Gasteiger partial charge is 0.328 e. The van der Waals surface area contributed by atoms with Gasteiger partial charge in [0.2, 0.25) is 0 Å². The largest absolute Gasteiger partial charge is 0.465 e. The van der Waals surface area contributed by atoms with Gasteiger partial charge in [0.25, 0.3) is 0 Å². The molecule has 1 N–H and O–H groups in total. The number of hydrogen-bond acceptors (Lipinski definition) is 4. The number of rotatable bonds is 7. The van der Waals surface area contributed by atoms with Crippen molar-refractivity contribution in [1.29, 1.82) is 0 Å². The van der Waals surface area contributed by atoms with Gasteiger partial charge in [-0.3, -0.25) is 5.32 Å². The van der Waals surface area contributed by atoms with Gasteiger partial charge in [-0.25, -0.2) is 4.79 Å². The van der Waals surface area contributed by atoms with E-state index in [9.17, 15) is 4.79 Å². The van der Waals surface area contributed by atoms with Gasteiger partial charge in [-0.2, -0.15) is 0 Å². The molecule has 124 valence electrons. The van der Waals surface area contributed by atoms with Crippen molar-refractivity contribution in [2.45, 2.75) is 84.9 Å². The fourth-order valence-corrected chi connectivity index (χ4v) is 2.91. The third kappa shape index (κ3) is 5.95. The minimum atomic E-state index is -0.767. The summed E-state index contributed by atoms with van der Waals surface area (Å²) in [6.07, 6.45) is 4.79. The van der Waals surface area contributed by atoms with E-state index < -0.39 is 5.54 Å².